The number of aldehydes is 1. The quantitative estimate of drug-likeness (QED) is 0.167. The zero-order chi connectivity index (χ0) is 34.4. The summed E-state index contributed by atoms with van der Waals surface area (Å²) in [5.41, 5.74) is 4.39. The number of benzene rings is 3. The van der Waals surface area contributed by atoms with Crippen LogP contribution in [0.4, 0.5) is 4.79 Å². The molecule has 3 aromatic rings. The topological polar surface area (TPSA) is 185 Å². The number of carbonyl (C=O) groups is 6. The number of carboxylic acid groups (broad SMARTS) is 2. The van der Waals surface area contributed by atoms with Gasteiger partial charge in [-0.15, -0.1) is 0 Å². The molecule has 46 heavy (non-hydrogen) atoms. The minimum atomic E-state index is -1.16. The van der Waals surface area contributed by atoms with Crippen molar-refractivity contribution in [3.05, 3.63) is 105 Å². The zero-order valence-electron chi connectivity index (χ0n) is 26.3. The summed E-state index contributed by atoms with van der Waals surface area (Å²) >= 11 is 0. The Hall–Kier alpha value is -5.52. The number of hydrogen-bond acceptors (Lipinski definition) is 8. The van der Waals surface area contributed by atoms with E-state index in [0.29, 0.717) is 34.1 Å². The van der Waals surface area contributed by atoms with Gasteiger partial charge in [-0.05, 0) is 68.0 Å². The van der Waals surface area contributed by atoms with Crippen molar-refractivity contribution in [3.63, 3.8) is 0 Å². The van der Waals surface area contributed by atoms with Gasteiger partial charge in [0.1, 0.15) is 25.3 Å². The van der Waals surface area contributed by atoms with Crippen LogP contribution in [-0.4, -0.2) is 65.1 Å². The van der Waals surface area contributed by atoms with Gasteiger partial charge in [0.15, 0.2) is 6.29 Å². The molecular formula is C34H38N2O10. The lowest BCUT2D eigenvalue weighted by Crippen LogP contribution is -2.51. The third kappa shape index (κ3) is 10.6. The van der Waals surface area contributed by atoms with Crippen LogP contribution in [0.1, 0.15) is 61.0 Å². The molecule has 0 saturated heterocycles. The first-order chi connectivity index (χ1) is 21.8. The fourth-order valence-electron chi connectivity index (χ4n) is 4.46. The van der Waals surface area contributed by atoms with Crippen molar-refractivity contribution < 1.29 is 48.5 Å². The lowest BCUT2D eigenvalue weighted by molar-refractivity contribution is -0.141. The Kier molecular flexibility index (Phi) is 14.1. The van der Waals surface area contributed by atoms with E-state index in [-0.39, 0.29) is 25.2 Å². The van der Waals surface area contributed by atoms with E-state index in [1.54, 1.807) is 27.7 Å². The number of aliphatic carboxylic acids is 1. The summed E-state index contributed by atoms with van der Waals surface area (Å²) in [4.78, 5) is 68.9. The molecule has 0 aliphatic heterocycles. The van der Waals surface area contributed by atoms with Crippen LogP contribution in [0.5, 0.6) is 0 Å². The summed E-state index contributed by atoms with van der Waals surface area (Å²) < 4.78 is 9.95. The summed E-state index contributed by atoms with van der Waals surface area (Å²) in [6.07, 6.45) is -0.0502. The molecule has 0 aliphatic rings. The number of nitrogens with one attached hydrogen (secondary N) is 2. The minimum absolute atomic E-state index is 0.0673. The zero-order valence-corrected chi connectivity index (χ0v) is 26.3. The van der Waals surface area contributed by atoms with Gasteiger partial charge in [-0.2, -0.15) is 0 Å². The van der Waals surface area contributed by atoms with Gasteiger partial charge < -0.3 is 30.3 Å². The lowest BCUT2D eigenvalue weighted by atomic mass is 9.89. The number of hydrogen-bond donors (Lipinski definition) is 4. The molecule has 0 aromatic heterocycles. The minimum Gasteiger partial charge on any atom is -0.480 e. The van der Waals surface area contributed by atoms with Crippen LogP contribution in [0.2, 0.25) is 0 Å². The number of rotatable bonds is 12. The molecule has 0 unspecified atom stereocenters. The van der Waals surface area contributed by atoms with E-state index < -0.39 is 42.0 Å². The second-order valence-electron chi connectivity index (χ2n) is 10.3. The van der Waals surface area contributed by atoms with Gasteiger partial charge in [-0.1, -0.05) is 60.7 Å². The third-order valence-corrected chi connectivity index (χ3v) is 7.16. The highest BCUT2D eigenvalue weighted by Gasteiger charge is 2.26. The number of amides is 2. The molecule has 2 atom stereocenters. The molecular weight excluding hydrogens is 596 g/mol. The summed E-state index contributed by atoms with van der Waals surface area (Å²) in [5.74, 6) is -3.38. The molecule has 0 radical (unpaired) electrons. The smallest absolute Gasteiger partial charge is 0.408 e. The van der Waals surface area contributed by atoms with Crippen molar-refractivity contribution in [3.8, 4) is 0 Å². The first kappa shape index (κ1) is 36.7. The summed E-state index contributed by atoms with van der Waals surface area (Å²) in [7, 11) is 0. The van der Waals surface area contributed by atoms with Crippen molar-refractivity contribution >= 4 is 36.2 Å². The van der Waals surface area contributed by atoms with Crippen LogP contribution in [0.3, 0.4) is 0 Å². The summed E-state index contributed by atoms with van der Waals surface area (Å²) in [6, 6.07) is 16.2. The first-order valence-electron chi connectivity index (χ1n) is 14.3. The average Bonchev–Trinajstić information content (AvgIpc) is 3.02. The molecule has 0 saturated carbocycles. The monoisotopic (exact) mass is 634 g/mol. The third-order valence-electron chi connectivity index (χ3n) is 7.16. The van der Waals surface area contributed by atoms with Gasteiger partial charge >= 0.3 is 24.0 Å². The van der Waals surface area contributed by atoms with Gasteiger partial charge in [0.2, 0.25) is 5.91 Å². The van der Waals surface area contributed by atoms with Crippen LogP contribution in [0.15, 0.2) is 60.7 Å². The van der Waals surface area contributed by atoms with E-state index in [1.807, 2.05) is 60.7 Å². The summed E-state index contributed by atoms with van der Waals surface area (Å²) in [5, 5.41) is 23.1. The Balaban J connectivity index is 0.000000341. The molecule has 12 heteroatoms. The maximum absolute atomic E-state index is 12.4. The largest absolute Gasteiger partial charge is 0.480 e. The molecule has 0 heterocycles. The highest BCUT2D eigenvalue weighted by Crippen LogP contribution is 2.27. The first-order valence-corrected chi connectivity index (χ1v) is 14.3. The number of esters is 1. The van der Waals surface area contributed by atoms with Crippen molar-refractivity contribution in [2.24, 2.45) is 0 Å². The number of alkyl carbamates (subject to hydrolysis) is 1. The molecule has 3 aromatic carbocycles. The maximum Gasteiger partial charge on any atom is 0.408 e. The van der Waals surface area contributed by atoms with E-state index in [0.717, 1.165) is 11.1 Å². The average molecular weight is 635 g/mol. The molecule has 0 spiro atoms. The molecule has 3 rings (SSSR count). The van der Waals surface area contributed by atoms with Crippen molar-refractivity contribution in [2.45, 2.75) is 59.7 Å². The van der Waals surface area contributed by atoms with E-state index in [4.69, 9.17) is 14.6 Å². The second kappa shape index (κ2) is 17.7. The highest BCUT2D eigenvalue weighted by atomic mass is 16.5. The van der Waals surface area contributed by atoms with Gasteiger partial charge in [-0.3, -0.25) is 14.4 Å². The molecule has 2 amide bonds. The van der Waals surface area contributed by atoms with E-state index in [2.05, 4.69) is 10.6 Å². The van der Waals surface area contributed by atoms with Crippen LogP contribution in [0, 0.1) is 27.7 Å². The Morgan fingerprint density at radius 1 is 0.739 bits per heavy atom. The Morgan fingerprint density at radius 3 is 1.72 bits per heavy atom. The SMILES string of the molecule is C[C@H](NC(=O)[C@H](Cc1ccccc1)NC(=O)OCc1ccccc1)C(=O)O.Cc1c(C)c(C(=O)OCC=O)c(C)c(C)c1C(=O)O. The molecule has 0 bridgehead atoms. The Morgan fingerprint density at radius 2 is 1.24 bits per heavy atom. The standard InChI is InChI=1S/C20H22N2O5.C14H16O5/c1-14(19(24)25)21-18(23)17(12-15-8-4-2-5-9-15)22-20(26)27-13-16-10-6-3-7-11-16;1-7-9(3)12(14(18)19-6-5-15)10(4)8(2)11(7)13(16)17/h2-11,14,17H,12-13H2,1H3,(H,21,23)(H,22,26)(H,24,25);5H,6H2,1-4H3,(H,16,17)/t14-,17-;/m0./s1. The second-order valence-corrected chi connectivity index (χ2v) is 10.3. The lowest BCUT2D eigenvalue weighted by Gasteiger charge is -2.20. The van der Waals surface area contributed by atoms with E-state index in [1.165, 1.54) is 6.92 Å². The number of carbonyl (C=O) groups excluding carboxylic acids is 4. The van der Waals surface area contributed by atoms with Gasteiger partial charge in [0.25, 0.3) is 0 Å². The van der Waals surface area contributed by atoms with Crippen molar-refractivity contribution in [2.75, 3.05) is 6.61 Å². The van der Waals surface area contributed by atoms with Crippen LogP contribution in [-0.2, 0) is 36.9 Å². The number of ether oxygens (including phenoxy) is 2. The fourth-order valence-corrected chi connectivity index (χ4v) is 4.46. The van der Waals surface area contributed by atoms with Crippen LogP contribution < -0.4 is 10.6 Å². The van der Waals surface area contributed by atoms with Crippen molar-refractivity contribution in [1.82, 2.24) is 10.6 Å². The number of carboxylic acids is 2. The molecule has 244 valence electrons. The predicted molar refractivity (Wildman–Crippen MR) is 168 cm³/mol. The fraction of sp³-hybridized carbons (Fsp3) is 0.294. The van der Waals surface area contributed by atoms with Crippen molar-refractivity contribution in [1.29, 1.82) is 0 Å². The normalized spacial score (nSPS) is 11.5. The molecule has 0 fully saturated rings. The Bertz CT molecular complexity index is 1530. The van der Waals surface area contributed by atoms with E-state index in [9.17, 15) is 33.9 Å². The molecule has 12 nitrogen and oxygen atoms in total. The predicted octanol–water partition coefficient (Wildman–Crippen LogP) is 4.09. The van der Waals surface area contributed by atoms with Gasteiger partial charge in [-0.25, -0.2) is 14.4 Å². The maximum atomic E-state index is 12.4. The van der Waals surface area contributed by atoms with Gasteiger partial charge in [0.05, 0.1) is 11.1 Å². The number of aromatic carboxylic acids is 1. The van der Waals surface area contributed by atoms with Crippen LogP contribution >= 0.6 is 0 Å². The Labute approximate surface area is 266 Å². The summed E-state index contributed by atoms with van der Waals surface area (Å²) in [6.45, 7) is 7.77. The van der Waals surface area contributed by atoms with E-state index >= 15 is 0 Å². The molecule has 0 aliphatic carbocycles. The van der Waals surface area contributed by atoms with Crippen LogP contribution in [0.25, 0.3) is 0 Å². The van der Waals surface area contributed by atoms with Gasteiger partial charge in [0, 0.05) is 6.42 Å². The molecule has 4 N–H and O–H groups in total. The highest BCUT2D eigenvalue weighted by molar-refractivity contribution is 5.99.